The molecule has 0 aliphatic carbocycles. The van der Waals surface area contributed by atoms with Crippen LogP contribution in [0.3, 0.4) is 0 Å². The third-order valence-corrected chi connectivity index (χ3v) is 2.01. The summed E-state index contributed by atoms with van der Waals surface area (Å²) in [6, 6.07) is 3.39. The second-order valence-corrected chi connectivity index (χ2v) is 3.40. The van der Waals surface area contributed by atoms with Crippen molar-refractivity contribution in [3.8, 4) is 11.8 Å². The van der Waals surface area contributed by atoms with Crippen LogP contribution in [0.5, 0.6) is 5.75 Å². The number of nitrogens with zero attached hydrogens (tertiary/aromatic N) is 1. The Hall–Kier alpha value is -1.20. The van der Waals surface area contributed by atoms with Gasteiger partial charge in [-0.05, 0) is 22.0 Å². The molecular weight excluding hydrogens is 297 g/mol. The van der Waals surface area contributed by atoms with Gasteiger partial charge in [0, 0.05) is 6.07 Å². The van der Waals surface area contributed by atoms with Crippen molar-refractivity contribution in [2.24, 2.45) is 0 Å². The van der Waals surface area contributed by atoms with Gasteiger partial charge >= 0.3 is 6.16 Å². The van der Waals surface area contributed by atoms with Crippen molar-refractivity contribution in [1.29, 1.82) is 5.26 Å². The van der Waals surface area contributed by atoms with Gasteiger partial charge in [-0.3, -0.25) is 0 Å². The van der Waals surface area contributed by atoms with Crippen molar-refractivity contribution in [3.05, 3.63) is 28.0 Å². The summed E-state index contributed by atoms with van der Waals surface area (Å²) in [5, 5.41) is 33.9. The Morgan fingerprint density at radius 2 is 1.88 bits per heavy atom. The third-order valence-electron chi connectivity index (χ3n) is 1.39. The fraction of sp³-hybridized carbons (Fsp3) is 0.300. The predicted molar refractivity (Wildman–Crippen MR) is 60.2 cm³/mol. The number of hydrogen-bond acceptors (Lipinski definition) is 5. The molecule has 1 aromatic rings. The Bertz CT molecular complexity index is 426. The normalized spacial score (nSPS) is 10.0. The number of benzene rings is 1. The van der Waals surface area contributed by atoms with Crippen LogP contribution in [0, 0.1) is 17.1 Å². The van der Waals surface area contributed by atoms with Crippen LogP contribution in [0.4, 0.5) is 4.39 Å². The molecular formula is C10H11BrFNO4. The van der Waals surface area contributed by atoms with E-state index < -0.39 is 12.0 Å². The van der Waals surface area contributed by atoms with Gasteiger partial charge in [-0.15, -0.1) is 0 Å². The number of hydrogen-bond donors (Lipinski definition) is 3. The molecule has 5 nitrogen and oxygen atoms in total. The lowest BCUT2D eigenvalue weighted by molar-refractivity contribution is -0.419. The maximum atomic E-state index is 13.0. The van der Waals surface area contributed by atoms with E-state index in [1.165, 1.54) is 0 Å². The third kappa shape index (κ3) is 5.10. The Morgan fingerprint density at radius 3 is 2.29 bits per heavy atom. The summed E-state index contributed by atoms with van der Waals surface area (Å²) in [6.07, 6.45) is -3.40. The van der Waals surface area contributed by atoms with Crippen LogP contribution in [0.2, 0.25) is 0 Å². The molecule has 1 aromatic carbocycles. The molecule has 0 radical (unpaired) electrons. The Morgan fingerprint density at radius 1 is 1.35 bits per heavy atom. The zero-order valence-electron chi connectivity index (χ0n) is 9.11. The highest BCUT2D eigenvalue weighted by Gasteiger charge is 2.23. The molecule has 0 unspecified atom stereocenters. The standard InChI is InChI=1S/C8H5BrFNO4.C2H6/c9-5-1-4(3-11)6(10)2-7(5)15-8(12,13)14;1-2/h1-2,12-14H;1-2H3. The summed E-state index contributed by atoms with van der Waals surface area (Å²) in [5.74, 6) is -1.25. The van der Waals surface area contributed by atoms with Crippen molar-refractivity contribution in [1.82, 2.24) is 0 Å². The van der Waals surface area contributed by atoms with Gasteiger partial charge in [-0.1, -0.05) is 13.8 Å². The number of nitriles is 1. The lowest BCUT2D eigenvalue weighted by Crippen LogP contribution is -2.34. The van der Waals surface area contributed by atoms with Crippen LogP contribution >= 0.6 is 15.9 Å². The minimum atomic E-state index is -3.40. The molecule has 0 aliphatic heterocycles. The summed E-state index contributed by atoms with van der Waals surface area (Å²) in [7, 11) is 0. The second kappa shape index (κ2) is 6.51. The van der Waals surface area contributed by atoms with Gasteiger partial charge < -0.3 is 20.1 Å². The van der Waals surface area contributed by atoms with Crippen LogP contribution in [-0.4, -0.2) is 21.5 Å². The molecule has 0 spiro atoms. The quantitative estimate of drug-likeness (QED) is 0.719. The van der Waals surface area contributed by atoms with Crippen LogP contribution in [0.15, 0.2) is 16.6 Å². The highest BCUT2D eigenvalue weighted by atomic mass is 79.9. The van der Waals surface area contributed by atoms with Crippen LogP contribution < -0.4 is 4.74 Å². The molecule has 0 amide bonds. The van der Waals surface area contributed by atoms with E-state index in [0.717, 1.165) is 12.1 Å². The van der Waals surface area contributed by atoms with Crippen LogP contribution in [0.1, 0.15) is 19.4 Å². The molecule has 94 valence electrons. The fourth-order valence-electron chi connectivity index (χ4n) is 0.840. The molecule has 0 bridgehead atoms. The molecule has 0 saturated heterocycles. The Labute approximate surface area is 106 Å². The summed E-state index contributed by atoms with van der Waals surface area (Å²) >= 11 is 2.90. The first-order valence-electron chi connectivity index (χ1n) is 4.59. The van der Waals surface area contributed by atoms with Gasteiger partial charge in [0.1, 0.15) is 17.6 Å². The van der Waals surface area contributed by atoms with E-state index in [4.69, 9.17) is 20.6 Å². The first-order chi connectivity index (χ1) is 7.83. The van der Waals surface area contributed by atoms with Crippen molar-refractivity contribution in [2.75, 3.05) is 0 Å². The van der Waals surface area contributed by atoms with E-state index in [2.05, 4.69) is 20.7 Å². The smallest absolute Gasteiger partial charge is 0.416 e. The maximum absolute atomic E-state index is 13.0. The molecule has 0 atom stereocenters. The summed E-state index contributed by atoms with van der Waals surface area (Å²) in [4.78, 5) is 0. The van der Waals surface area contributed by atoms with Crippen molar-refractivity contribution in [2.45, 2.75) is 20.0 Å². The van der Waals surface area contributed by atoms with Crippen LogP contribution in [0.25, 0.3) is 0 Å². The maximum Gasteiger partial charge on any atom is 0.453 e. The number of ether oxygens (including phenoxy) is 1. The molecule has 7 heteroatoms. The predicted octanol–water partition coefficient (Wildman–Crippen LogP) is 1.45. The number of rotatable bonds is 2. The van der Waals surface area contributed by atoms with Gasteiger partial charge in [0.25, 0.3) is 0 Å². The Kier molecular flexibility index (Phi) is 6.05. The van der Waals surface area contributed by atoms with Gasteiger partial charge in [-0.2, -0.15) is 5.26 Å². The molecule has 17 heavy (non-hydrogen) atoms. The number of aliphatic hydroxyl groups is 3. The fourth-order valence-corrected chi connectivity index (χ4v) is 1.26. The van der Waals surface area contributed by atoms with Crippen molar-refractivity contribution < 1.29 is 24.4 Å². The van der Waals surface area contributed by atoms with Gasteiger partial charge in [0.2, 0.25) is 0 Å². The summed E-state index contributed by atoms with van der Waals surface area (Å²) in [5.41, 5.74) is -0.242. The molecule has 0 saturated carbocycles. The van der Waals surface area contributed by atoms with E-state index in [1.54, 1.807) is 6.07 Å². The molecule has 0 fully saturated rings. The lowest BCUT2D eigenvalue weighted by Gasteiger charge is -2.16. The summed E-state index contributed by atoms with van der Waals surface area (Å²) < 4.78 is 17.3. The highest BCUT2D eigenvalue weighted by molar-refractivity contribution is 9.10. The molecule has 3 N–H and O–H groups in total. The molecule has 1 rings (SSSR count). The van der Waals surface area contributed by atoms with Gasteiger partial charge in [0.05, 0.1) is 10.0 Å². The highest BCUT2D eigenvalue weighted by Crippen LogP contribution is 2.29. The molecule has 0 aliphatic rings. The largest absolute Gasteiger partial charge is 0.453 e. The average molecular weight is 308 g/mol. The summed E-state index contributed by atoms with van der Waals surface area (Å²) in [6.45, 7) is 4.00. The van der Waals surface area contributed by atoms with E-state index in [-0.39, 0.29) is 15.8 Å². The average Bonchev–Trinajstić information content (AvgIpc) is 2.24. The van der Waals surface area contributed by atoms with E-state index in [0.29, 0.717) is 0 Å². The Balaban J connectivity index is 0.00000121. The monoisotopic (exact) mass is 307 g/mol. The van der Waals surface area contributed by atoms with E-state index in [1.807, 2.05) is 13.8 Å². The second-order valence-electron chi connectivity index (χ2n) is 2.55. The minimum absolute atomic E-state index is 0.0991. The van der Waals surface area contributed by atoms with E-state index >= 15 is 0 Å². The van der Waals surface area contributed by atoms with Crippen molar-refractivity contribution in [3.63, 3.8) is 0 Å². The lowest BCUT2D eigenvalue weighted by atomic mass is 10.2. The van der Waals surface area contributed by atoms with Gasteiger partial charge in [-0.25, -0.2) is 4.39 Å². The zero-order chi connectivity index (χ0) is 13.6. The van der Waals surface area contributed by atoms with Gasteiger partial charge in [0.15, 0.2) is 0 Å². The number of halogens is 2. The molecule has 0 heterocycles. The SMILES string of the molecule is CC.N#Cc1cc(Br)c(OC(O)(O)O)cc1F. The molecule has 0 aromatic heterocycles. The van der Waals surface area contributed by atoms with Crippen LogP contribution in [-0.2, 0) is 0 Å². The van der Waals surface area contributed by atoms with Crippen molar-refractivity contribution >= 4 is 15.9 Å². The minimum Gasteiger partial charge on any atom is -0.416 e. The first-order valence-corrected chi connectivity index (χ1v) is 5.38. The first kappa shape index (κ1) is 15.8. The zero-order valence-corrected chi connectivity index (χ0v) is 10.7. The topological polar surface area (TPSA) is 93.7 Å². The van der Waals surface area contributed by atoms with E-state index in [9.17, 15) is 4.39 Å².